The van der Waals surface area contributed by atoms with Crippen molar-refractivity contribution in [1.82, 2.24) is 10.2 Å². The normalized spacial score (nSPS) is 19.7. The summed E-state index contributed by atoms with van der Waals surface area (Å²) >= 11 is 1.55. The average molecular weight is 363 g/mol. The third-order valence-electron chi connectivity index (χ3n) is 3.80. The molecule has 0 aromatic heterocycles. The highest BCUT2D eigenvalue weighted by Gasteiger charge is 2.36. The lowest BCUT2D eigenvalue weighted by Gasteiger charge is -2.28. The molecule has 0 radical (unpaired) electrons. The summed E-state index contributed by atoms with van der Waals surface area (Å²) in [5.41, 5.74) is 0.539. The van der Waals surface area contributed by atoms with Gasteiger partial charge in [-0.3, -0.25) is 14.4 Å². The summed E-state index contributed by atoms with van der Waals surface area (Å²) in [5, 5.41) is 5.62. The van der Waals surface area contributed by atoms with Crippen molar-refractivity contribution < 1.29 is 19.1 Å². The Morgan fingerprint density at radius 2 is 2.12 bits per heavy atom. The standard InChI is InChI=1S/C17H21N3O4S/c1-17(2,3)19-15(22)12-8-25-9-20(12)16(23)10-4-5-13-11(6-10)18-14(21)7-24-13/h4-6,12H,7-9H2,1-3H3,(H,18,21)(H,19,22). The van der Waals surface area contributed by atoms with Gasteiger partial charge in [-0.25, -0.2) is 0 Å². The Morgan fingerprint density at radius 3 is 2.84 bits per heavy atom. The number of hydrogen-bond donors (Lipinski definition) is 2. The van der Waals surface area contributed by atoms with Crippen molar-refractivity contribution >= 4 is 35.2 Å². The van der Waals surface area contributed by atoms with Crippen molar-refractivity contribution in [2.75, 3.05) is 23.6 Å². The molecule has 25 heavy (non-hydrogen) atoms. The van der Waals surface area contributed by atoms with E-state index in [2.05, 4.69) is 10.6 Å². The van der Waals surface area contributed by atoms with Gasteiger partial charge < -0.3 is 20.3 Å². The van der Waals surface area contributed by atoms with Crippen LogP contribution in [-0.2, 0) is 9.59 Å². The van der Waals surface area contributed by atoms with Crippen LogP contribution in [0.25, 0.3) is 0 Å². The number of ether oxygens (including phenoxy) is 1. The van der Waals surface area contributed by atoms with E-state index in [1.54, 1.807) is 34.9 Å². The number of hydrogen-bond acceptors (Lipinski definition) is 5. The zero-order chi connectivity index (χ0) is 18.2. The van der Waals surface area contributed by atoms with Crippen molar-refractivity contribution in [3.05, 3.63) is 23.8 Å². The molecule has 3 amide bonds. The van der Waals surface area contributed by atoms with E-state index in [0.29, 0.717) is 28.6 Å². The third-order valence-corrected chi connectivity index (χ3v) is 4.82. The van der Waals surface area contributed by atoms with E-state index >= 15 is 0 Å². The van der Waals surface area contributed by atoms with Crippen LogP contribution < -0.4 is 15.4 Å². The zero-order valence-electron chi connectivity index (χ0n) is 14.4. The fourth-order valence-electron chi connectivity index (χ4n) is 2.69. The van der Waals surface area contributed by atoms with Gasteiger partial charge in [0.2, 0.25) is 5.91 Å². The van der Waals surface area contributed by atoms with Crippen molar-refractivity contribution in [3.63, 3.8) is 0 Å². The molecule has 0 saturated carbocycles. The molecule has 2 N–H and O–H groups in total. The van der Waals surface area contributed by atoms with E-state index in [1.165, 1.54) is 0 Å². The summed E-state index contributed by atoms with van der Waals surface area (Å²) in [4.78, 5) is 38.4. The van der Waals surface area contributed by atoms with Crippen LogP contribution in [0.1, 0.15) is 31.1 Å². The second-order valence-corrected chi connectivity index (χ2v) is 8.08. The number of carbonyl (C=O) groups excluding carboxylic acids is 3. The maximum absolute atomic E-state index is 12.9. The Bertz CT molecular complexity index is 729. The van der Waals surface area contributed by atoms with Crippen LogP contribution in [0.15, 0.2) is 18.2 Å². The van der Waals surface area contributed by atoms with Crippen LogP contribution in [0.3, 0.4) is 0 Å². The molecule has 134 valence electrons. The van der Waals surface area contributed by atoms with Crippen LogP contribution in [0, 0.1) is 0 Å². The van der Waals surface area contributed by atoms with E-state index < -0.39 is 6.04 Å². The van der Waals surface area contributed by atoms with Crippen molar-refractivity contribution in [2.24, 2.45) is 0 Å². The van der Waals surface area contributed by atoms with Crippen LogP contribution in [0.2, 0.25) is 0 Å². The Balaban J connectivity index is 1.79. The molecular formula is C17H21N3O4S. The molecule has 1 fully saturated rings. The molecule has 7 nitrogen and oxygen atoms in total. The van der Waals surface area contributed by atoms with E-state index in [1.807, 2.05) is 20.8 Å². The van der Waals surface area contributed by atoms with E-state index in [9.17, 15) is 14.4 Å². The van der Waals surface area contributed by atoms with Crippen molar-refractivity contribution in [1.29, 1.82) is 0 Å². The number of anilines is 1. The van der Waals surface area contributed by atoms with Crippen molar-refractivity contribution in [2.45, 2.75) is 32.4 Å². The van der Waals surface area contributed by atoms with Crippen molar-refractivity contribution in [3.8, 4) is 5.75 Å². The highest BCUT2D eigenvalue weighted by molar-refractivity contribution is 7.99. The summed E-state index contributed by atoms with van der Waals surface area (Å²) in [7, 11) is 0. The Morgan fingerprint density at radius 1 is 1.36 bits per heavy atom. The molecule has 1 unspecified atom stereocenters. The van der Waals surface area contributed by atoms with E-state index in [0.717, 1.165) is 0 Å². The molecular weight excluding hydrogens is 342 g/mol. The third kappa shape index (κ3) is 3.89. The molecule has 0 spiro atoms. The van der Waals surface area contributed by atoms with Gasteiger partial charge in [-0.2, -0.15) is 0 Å². The van der Waals surface area contributed by atoms with Gasteiger partial charge in [-0.1, -0.05) is 0 Å². The minimum absolute atomic E-state index is 0.0297. The largest absolute Gasteiger partial charge is 0.482 e. The first kappa shape index (κ1) is 17.6. The van der Waals surface area contributed by atoms with Gasteiger partial charge in [0.1, 0.15) is 11.8 Å². The second-order valence-electron chi connectivity index (χ2n) is 7.08. The SMILES string of the molecule is CC(C)(C)NC(=O)C1CSCN1C(=O)c1ccc2c(c1)NC(=O)CO2. The number of fused-ring (bicyclic) bond motifs is 1. The minimum Gasteiger partial charge on any atom is -0.482 e. The van der Waals surface area contributed by atoms with Gasteiger partial charge in [0, 0.05) is 16.9 Å². The number of benzene rings is 1. The highest BCUT2D eigenvalue weighted by atomic mass is 32.2. The van der Waals surface area contributed by atoms with Gasteiger partial charge >= 0.3 is 0 Å². The summed E-state index contributed by atoms with van der Waals surface area (Å²) in [6.45, 7) is 5.69. The quantitative estimate of drug-likeness (QED) is 0.830. The number of nitrogens with zero attached hydrogens (tertiary/aromatic N) is 1. The lowest BCUT2D eigenvalue weighted by molar-refractivity contribution is -0.125. The molecule has 0 aliphatic carbocycles. The summed E-state index contributed by atoms with van der Waals surface area (Å²) in [6, 6.07) is 4.41. The monoisotopic (exact) mass is 363 g/mol. The molecule has 2 heterocycles. The number of carbonyl (C=O) groups is 3. The second kappa shape index (κ2) is 6.59. The van der Waals surface area contributed by atoms with Crippen LogP contribution >= 0.6 is 11.8 Å². The van der Waals surface area contributed by atoms with Gasteiger partial charge in [0.05, 0.1) is 11.6 Å². The molecule has 1 saturated heterocycles. The minimum atomic E-state index is -0.501. The predicted molar refractivity (Wildman–Crippen MR) is 95.7 cm³/mol. The molecule has 0 bridgehead atoms. The molecule has 2 aliphatic rings. The summed E-state index contributed by atoms with van der Waals surface area (Å²) < 4.78 is 5.30. The maximum atomic E-state index is 12.9. The smallest absolute Gasteiger partial charge is 0.262 e. The van der Waals surface area contributed by atoms with Gasteiger partial charge in [0.25, 0.3) is 11.8 Å². The van der Waals surface area contributed by atoms with Gasteiger partial charge in [-0.15, -0.1) is 11.8 Å². The fraction of sp³-hybridized carbons (Fsp3) is 0.471. The van der Waals surface area contributed by atoms with Crippen LogP contribution in [0.4, 0.5) is 5.69 Å². The number of nitrogens with one attached hydrogen (secondary N) is 2. The first-order chi connectivity index (χ1) is 11.7. The number of thioether (sulfide) groups is 1. The Hall–Kier alpha value is -2.22. The first-order valence-corrected chi connectivity index (χ1v) is 9.17. The summed E-state index contributed by atoms with van der Waals surface area (Å²) in [6.07, 6.45) is 0. The molecule has 3 rings (SSSR count). The first-order valence-electron chi connectivity index (χ1n) is 8.02. The maximum Gasteiger partial charge on any atom is 0.262 e. The molecule has 1 aromatic rings. The Labute approximate surface area is 150 Å². The number of rotatable bonds is 2. The molecule has 2 aliphatic heterocycles. The van der Waals surface area contributed by atoms with Gasteiger partial charge in [0.15, 0.2) is 6.61 Å². The molecule has 1 atom stereocenters. The fourth-order valence-corrected chi connectivity index (χ4v) is 3.85. The van der Waals surface area contributed by atoms with E-state index in [-0.39, 0.29) is 29.9 Å². The topological polar surface area (TPSA) is 87.7 Å². The summed E-state index contributed by atoms with van der Waals surface area (Å²) in [5.74, 6) is 0.923. The highest BCUT2D eigenvalue weighted by Crippen LogP contribution is 2.30. The molecule has 8 heteroatoms. The van der Waals surface area contributed by atoms with Gasteiger partial charge in [-0.05, 0) is 39.0 Å². The Kier molecular flexibility index (Phi) is 4.64. The van der Waals surface area contributed by atoms with Crippen LogP contribution in [-0.4, -0.2) is 52.4 Å². The number of amides is 3. The van der Waals surface area contributed by atoms with Crippen LogP contribution in [0.5, 0.6) is 5.75 Å². The predicted octanol–water partition coefficient (Wildman–Crippen LogP) is 1.45. The zero-order valence-corrected chi connectivity index (χ0v) is 15.2. The average Bonchev–Trinajstić information content (AvgIpc) is 3.01. The van der Waals surface area contributed by atoms with E-state index in [4.69, 9.17) is 4.74 Å². The lowest BCUT2D eigenvalue weighted by atomic mass is 10.1. The lowest BCUT2D eigenvalue weighted by Crippen LogP contribution is -2.52. The molecule has 1 aromatic carbocycles.